The lowest BCUT2D eigenvalue weighted by Gasteiger charge is -2.24. The predicted octanol–water partition coefficient (Wildman–Crippen LogP) is 6.22. The molecule has 0 aromatic heterocycles. The van der Waals surface area contributed by atoms with Crippen LogP contribution in [0.3, 0.4) is 0 Å². The first-order valence-corrected chi connectivity index (χ1v) is 16.2. The van der Waals surface area contributed by atoms with Crippen LogP contribution in [0.2, 0.25) is 0 Å². The van der Waals surface area contributed by atoms with Gasteiger partial charge < -0.3 is 9.47 Å². The normalized spacial score (nSPS) is 17.7. The average molecular weight is 581 g/mol. The summed E-state index contributed by atoms with van der Waals surface area (Å²) in [6, 6.07) is 49.2. The van der Waals surface area contributed by atoms with Crippen molar-refractivity contribution in [1.82, 2.24) is 0 Å². The van der Waals surface area contributed by atoms with Gasteiger partial charge in [0.25, 0.3) is 0 Å². The largest absolute Gasteiger partial charge is 0.475 e. The highest BCUT2D eigenvalue weighted by Crippen LogP contribution is 2.37. The lowest BCUT2D eigenvalue weighted by atomic mass is 10.1. The smallest absolute Gasteiger partial charge is 0.217 e. The van der Waals surface area contributed by atoms with Gasteiger partial charge in [-0.25, -0.2) is 9.98 Å². The third kappa shape index (κ3) is 6.16. The molecule has 43 heavy (non-hydrogen) atoms. The molecule has 212 valence electrons. The second kappa shape index (κ2) is 12.8. The Morgan fingerprint density at radius 2 is 0.884 bits per heavy atom. The van der Waals surface area contributed by atoms with Crippen LogP contribution in [0.5, 0.6) is 0 Å². The molecule has 0 N–H and O–H groups in total. The maximum Gasteiger partial charge on any atom is 0.217 e. The summed E-state index contributed by atoms with van der Waals surface area (Å²) in [6.45, 7) is 1.18. The van der Waals surface area contributed by atoms with E-state index in [4.69, 9.17) is 19.5 Å². The van der Waals surface area contributed by atoms with E-state index in [1.54, 1.807) is 0 Å². The Morgan fingerprint density at radius 1 is 0.488 bits per heavy atom. The van der Waals surface area contributed by atoms with Gasteiger partial charge in [0.1, 0.15) is 13.2 Å². The first-order chi connectivity index (χ1) is 21.3. The Hall–Kier alpha value is -4.53. The van der Waals surface area contributed by atoms with E-state index in [2.05, 4.69) is 140 Å². The van der Waals surface area contributed by atoms with Crippen LogP contribution in [0.25, 0.3) is 0 Å². The van der Waals surface area contributed by atoms with Crippen LogP contribution in [0.1, 0.15) is 22.3 Å². The molecule has 5 aromatic rings. The van der Waals surface area contributed by atoms with Crippen LogP contribution in [0.15, 0.2) is 150 Å². The van der Waals surface area contributed by atoms with Crippen molar-refractivity contribution >= 4 is 35.6 Å². The van der Waals surface area contributed by atoms with Gasteiger partial charge in [-0.3, -0.25) is 0 Å². The Balaban J connectivity index is 1.26. The van der Waals surface area contributed by atoms with E-state index in [-0.39, 0.29) is 12.1 Å². The van der Waals surface area contributed by atoms with E-state index in [0.29, 0.717) is 13.2 Å². The van der Waals surface area contributed by atoms with Crippen molar-refractivity contribution in [2.45, 2.75) is 24.9 Å². The number of nitrogens with zero attached hydrogens (tertiary/aromatic N) is 2. The summed E-state index contributed by atoms with van der Waals surface area (Å²) >= 11 is 0. The van der Waals surface area contributed by atoms with Crippen molar-refractivity contribution in [2.75, 3.05) is 13.2 Å². The molecule has 7 rings (SSSR count). The van der Waals surface area contributed by atoms with Gasteiger partial charge in [-0.05, 0) is 59.9 Å². The maximum absolute atomic E-state index is 6.30. The summed E-state index contributed by atoms with van der Waals surface area (Å²) in [5.41, 5.74) is 4.66. The molecule has 2 heterocycles. The molecule has 0 fully saturated rings. The Labute approximate surface area is 254 Å². The molecule has 0 unspecified atom stereocenters. The van der Waals surface area contributed by atoms with Crippen molar-refractivity contribution < 1.29 is 9.47 Å². The van der Waals surface area contributed by atoms with Gasteiger partial charge in [0, 0.05) is 11.1 Å². The highest BCUT2D eigenvalue weighted by atomic mass is 31.1. The molecule has 0 saturated carbocycles. The van der Waals surface area contributed by atoms with Crippen LogP contribution >= 0.6 is 7.92 Å². The van der Waals surface area contributed by atoms with Gasteiger partial charge in [0.2, 0.25) is 11.8 Å². The second-order valence-corrected chi connectivity index (χ2v) is 13.0. The van der Waals surface area contributed by atoms with Crippen LogP contribution in [0.4, 0.5) is 0 Å². The minimum Gasteiger partial charge on any atom is -0.475 e. The van der Waals surface area contributed by atoms with Gasteiger partial charge in [-0.2, -0.15) is 0 Å². The monoisotopic (exact) mass is 580 g/mol. The average Bonchev–Trinajstić information content (AvgIpc) is 3.73. The third-order valence-corrected chi connectivity index (χ3v) is 10.4. The summed E-state index contributed by atoms with van der Waals surface area (Å²) in [5, 5.41) is 3.70. The Kier molecular flexibility index (Phi) is 8.11. The van der Waals surface area contributed by atoms with Gasteiger partial charge in [-0.15, -0.1) is 0 Å². The number of hydrogen-bond acceptors (Lipinski definition) is 4. The quantitative estimate of drug-likeness (QED) is 0.194. The molecule has 0 aliphatic carbocycles. The molecular weight excluding hydrogens is 547 g/mol. The van der Waals surface area contributed by atoms with E-state index in [1.807, 2.05) is 0 Å². The fraction of sp³-hybridized carbons (Fsp3) is 0.158. The standard InChI is InChI=1S/C38H33N2O2P/c1-4-14-28(15-5-1)24-30-26-41-37(39-30)33-20-10-12-22-35(33)43(32-18-8-3-9-19-32)36-23-13-11-21-34(36)38-40-31(27-42-38)25-29-16-6-2-7-17-29/h1-23,30-31H,24-27H2/t30-,31-/m1/s1. The van der Waals surface area contributed by atoms with Crippen LogP contribution in [0, 0.1) is 0 Å². The molecule has 4 nitrogen and oxygen atoms in total. The summed E-state index contributed by atoms with van der Waals surface area (Å²) in [6.07, 6.45) is 1.73. The minimum atomic E-state index is -0.966. The SMILES string of the molecule is c1ccc(C[C@@H]2COC(c3ccccc3P(c3ccccc3)c3ccccc3C3=N[C@H](Cc4ccccc4)CO3)=N2)cc1. The molecule has 0 saturated heterocycles. The Bertz CT molecular complexity index is 1630. The van der Waals surface area contributed by atoms with Crippen molar-refractivity contribution in [3.63, 3.8) is 0 Å². The molecular formula is C38H33N2O2P. The lowest BCUT2D eigenvalue weighted by molar-refractivity contribution is 0.317. The van der Waals surface area contributed by atoms with Crippen molar-refractivity contribution in [3.8, 4) is 0 Å². The van der Waals surface area contributed by atoms with Crippen molar-refractivity contribution in [2.24, 2.45) is 9.98 Å². The van der Waals surface area contributed by atoms with E-state index in [9.17, 15) is 0 Å². The van der Waals surface area contributed by atoms with Crippen LogP contribution < -0.4 is 15.9 Å². The molecule has 0 amide bonds. The number of ether oxygens (including phenoxy) is 2. The summed E-state index contributed by atoms with van der Waals surface area (Å²) in [7, 11) is -0.966. The first kappa shape index (κ1) is 27.3. The first-order valence-electron chi connectivity index (χ1n) is 14.8. The molecule has 2 aliphatic rings. The molecule has 0 bridgehead atoms. The number of rotatable bonds is 9. The summed E-state index contributed by atoms with van der Waals surface area (Å²) < 4.78 is 12.6. The highest BCUT2D eigenvalue weighted by Gasteiger charge is 2.30. The second-order valence-electron chi connectivity index (χ2n) is 10.9. The fourth-order valence-electron chi connectivity index (χ4n) is 5.79. The molecule has 0 radical (unpaired) electrons. The number of aliphatic imine (C=N–C) groups is 2. The molecule has 0 spiro atoms. The number of benzene rings is 5. The van der Waals surface area contributed by atoms with E-state index >= 15 is 0 Å². The van der Waals surface area contributed by atoms with Crippen LogP contribution in [-0.4, -0.2) is 37.1 Å². The topological polar surface area (TPSA) is 43.2 Å². The predicted molar refractivity (Wildman–Crippen MR) is 178 cm³/mol. The van der Waals surface area contributed by atoms with E-state index < -0.39 is 7.92 Å². The molecule has 5 aromatic carbocycles. The number of hydrogen-bond donors (Lipinski definition) is 0. The van der Waals surface area contributed by atoms with Gasteiger partial charge in [0.05, 0.1) is 12.1 Å². The van der Waals surface area contributed by atoms with Gasteiger partial charge in [0.15, 0.2) is 0 Å². The Morgan fingerprint density at radius 3 is 1.35 bits per heavy atom. The summed E-state index contributed by atoms with van der Waals surface area (Å²) in [5.74, 6) is 1.46. The zero-order valence-corrected chi connectivity index (χ0v) is 24.8. The zero-order chi connectivity index (χ0) is 28.8. The van der Waals surface area contributed by atoms with E-state index in [1.165, 1.54) is 27.0 Å². The maximum atomic E-state index is 6.30. The highest BCUT2D eigenvalue weighted by molar-refractivity contribution is 7.80. The van der Waals surface area contributed by atoms with E-state index in [0.717, 1.165) is 35.8 Å². The third-order valence-electron chi connectivity index (χ3n) is 7.82. The molecule has 5 heteroatoms. The zero-order valence-electron chi connectivity index (χ0n) is 23.9. The lowest BCUT2D eigenvalue weighted by Crippen LogP contribution is -2.28. The van der Waals surface area contributed by atoms with Crippen molar-refractivity contribution in [1.29, 1.82) is 0 Å². The fourth-order valence-corrected chi connectivity index (χ4v) is 8.37. The minimum absolute atomic E-state index is 0.100. The van der Waals surface area contributed by atoms with Gasteiger partial charge in [-0.1, -0.05) is 127 Å². The molecule has 2 atom stereocenters. The summed E-state index contributed by atoms with van der Waals surface area (Å²) in [4.78, 5) is 10.2. The van der Waals surface area contributed by atoms with Gasteiger partial charge >= 0.3 is 0 Å². The molecule has 2 aliphatic heterocycles. The van der Waals surface area contributed by atoms with Crippen LogP contribution in [-0.2, 0) is 22.3 Å². The van der Waals surface area contributed by atoms with Crippen molar-refractivity contribution in [3.05, 3.63) is 162 Å².